The third-order valence-corrected chi connectivity index (χ3v) is 16.8. The summed E-state index contributed by atoms with van der Waals surface area (Å²) in [4.78, 5) is 0. The molecule has 0 saturated carbocycles. The van der Waals surface area contributed by atoms with Crippen LogP contribution in [0.5, 0.6) is 0 Å². The van der Waals surface area contributed by atoms with Crippen molar-refractivity contribution in [2.24, 2.45) is 0 Å². The standard InChI is InChI=1S/C37H71N2O3S5/c1-7-9-11-13-15-17-19-21-23-25-27-29-36(3,4)43-33-46(41)35-39-38-34(44-35)45(40)31-32-47(42)37(5,6)30-28-26-24-22-20-18-16-14-12-10-8-2/h32H,7-31,33H2,1-6H3/q-1. The predicted molar refractivity (Wildman–Crippen MR) is 214 cm³/mol. The van der Waals surface area contributed by atoms with Gasteiger partial charge in [-0.05, 0) is 6.42 Å². The van der Waals surface area contributed by atoms with Gasteiger partial charge in [0.05, 0.1) is 26.7 Å². The van der Waals surface area contributed by atoms with Crippen LogP contribution in [0.4, 0.5) is 0 Å². The Morgan fingerprint density at radius 2 is 1.00 bits per heavy atom. The zero-order valence-electron chi connectivity index (χ0n) is 31.1. The summed E-state index contributed by atoms with van der Waals surface area (Å²) in [5.41, 5.74) is 0. The molecule has 0 aliphatic carbocycles. The van der Waals surface area contributed by atoms with Crippen molar-refractivity contribution in [2.75, 3.05) is 10.8 Å². The van der Waals surface area contributed by atoms with E-state index in [1.807, 2.05) is 13.8 Å². The van der Waals surface area contributed by atoms with Crippen LogP contribution in [0.3, 0.4) is 0 Å². The Bertz CT molecular complexity index is 1050. The average Bonchev–Trinajstić information content (AvgIpc) is 3.54. The molecule has 278 valence electrons. The molecule has 0 spiro atoms. The molecule has 2 unspecified atom stereocenters. The van der Waals surface area contributed by atoms with Gasteiger partial charge in [-0.15, -0.1) is 22.0 Å². The van der Waals surface area contributed by atoms with Crippen molar-refractivity contribution < 1.29 is 12.6 Å². The van der Waals surface area contributed by atoms with Gasteiger partial charge in [0.25, 0.3) is 0 Å². The minimum atomic E-state index is -1.43. The first kappa shape index (κ1) is 45.3. The van der Waals surface area contributed by atoms with Crippen molar-refractivity contribution in [3.8, 4) is 0 Å². The second-order valence-corrected chi connectivity index (χ2v) is 22.9. The van der Waals surface area contributed by atoms with Crippen LogP contribution in [0, 0.1) is 0 Å². The summed E-state index contributed by atoms with van der Waals surface area (Å²) < 4.78 is 39.5. The lowest BCUT2D eigenvalue weighted by atomic mass is 10.0. The maximum absolute atomic E-state index is 13.0. The smallest absolute Gasteiger partial charge is 0.206 e. The van der Waals surface area contributed by atoms with Gasteiger partial charge in [-0.2, -0.15) is 5.37 Å². The number of hydrogen-bond donors (Lipinski definition) is 0. The Morgan fingerprint density at radius 3 is 1.45 bits per heavy atom. The van der Waals surface area contributed by atoms with Gasteiger partial charge in [0.1, 0.15) is 0 Å². The molecule has 1 aromatic rings. The summed E-state index contributed by atoms with van der Waals surface area (Å²) in [7, 11) is -3.89. The minimum absolute atomic E-state index is 0.0602. The van der Waals surface area contributed by atoms with E-state index in [-0.39, 0.29) is 15.2 Å². The van der Waals surface area contributed by atoms with Crippen LogP contribution in [0.2, 0.25) is 0 Å². The molecule has 1 rings (SSSR count). The highest BCUT2D eigenvalue weighted by atomic mass is 32.3. The summed E-state index contributed by atoms with van der Waals surface area (Å²) in [6.07, 6.45) is 31.1. The first-order valence-corrected chi connectivity index (χ1v) is 24.7. The Balaban J connectivity index is 2.29. The van der Waals surface area contributed by atoms with Crippen LogP contribution >= 0.6 is 23.1 Å². The van der Waals surface area contributed by atoms with Crippen LogP contribution < -0.4 is 0 Å². The summed E-state index contributed by atoms with van der Waals surface area (Å²) in [5.74, 6) is 0.177. The maximum Gasteiger partial charge on any atom is 0.206 e. The molecular weight excluding hydrogens is 681 g/mol. The maximum atomic E-state index is 13.0. The molecule has 5 nitrogen and oxygen atoms in total. The van der Waals surface area contributed by atoms with Crippen molar-refractivity contribution in [1.82, 2.24) is 10.2 Å². The number of thioether (sulfide) groups is 1. The van der Waals surface area contributed by atoms with Gasteiger partial charge in [0.15, 0.2) is 0 Å². The van der Waals surface area contributed by atoms with Crippen molar-refractivity contribution in [2.45, 2.75) is 214 Å². The van der Waals surface area contributed by atoms with Crippen molar-refractivity contribution in [3.63, 3.8) is 0 Å². The van der Waals surface area contributed by atoms with E-state index >= 15 is 0 Å². The van der Waals surface area contributed by atoms with Gasteiger partial charge in [-0.3, -0.25) is 18.8 Å². The second-order valence-electron chi connectivity index (χ2n) is 14.5. The van der Waals surface area contributed by atoms with E-state index in [4.69, 9.17) is 0 Å². The highest BCUT2D eigenvalue weighted by Crippen LogP contribution is 2.32. The van der Waals surface area contributed by atoms with E-state index < -0.39 is 32.0 Å². The molecule has 1 heterocycles. The SMILES string of the molecule is CCCCCCCCCCCCCC(C)(C)SCS(=O)c1nnc(S(=O)C/C=[S-](=O)/C(C)(C)CCCCCCCCCCCCC)s1. The van der Waals surface area contributed by atoms with Crippen molar-refractivity contribution in [3.05, 3.63) is 0 Å². The molecule has 0 N–H and O–H groups in total. The molecule has 0 aromatic carbocycles. The first-order valence-electron chi connectivity index (χ1n) is 19.0. The van der Waals surface area contributed by atoms with Gasteiger partial charge in [-0.1, -0.05) is 205 Å². The number of nitrogens with zero attached hydrogens (tertiary/aromatic N) is 2. The first-order chi connectivity index (χ1) is 22.5. The van der Waals surface area contributed by atoms with E-state index in [0.717, 1.165) is 19.3 Å². The van der Waals surface area contributed by atoms with E-state index in [9.17, 15) is 12.6 Å². The highest BCUT2D eigenvalue weighted by Gasteiger charge is 2.22. The van der Waals surface area contributed by atoms with Gasteiger partial charge in [-0.25, -0.2) is 0 Å². The minimum Gasteiger partial charge on any atom is -0.461 e. The number of hydrogen-bond acceptors (Lipinski definition) is 8. The number of rotatable bonds is 32. The number of aromatic nitrogens is 2. The summed E-state index contributed by atoms with van der Waals surface area (Å²) in [6.45, 7) is 13.1. The molecule has 0 amide bonds. The van der Waals surface area contributed by atoms with Crippen LogP contribution in [-0.2, 0) is 36.2 Å². The van der Waals surface area contributed by atoms with Gasteiger partial charge < -0.3 is 4.21 Å². The Kier molecular flexibility index (Phi) is 26.9. The second kappa shape index (κ2) is 27.9. The molecule has 0 aliphatic heterocycles. The average molecular weight is 752 g/mol. The Hall–Kier alpha value is 0.230. The lowest BCUT2D eigenvalue weighted by Gasteiger charge is -2.30. The summed E-state index contributed by atoms with van der Waals surface area (Å²) in [5, 5.41) is 10.3. The van der Waals surface area contributed by atoms with Gasteiger partial charge in [0.2, 0.25) is 8.68 Å². The lowest BCUT2D eigenvalue weighted by molar-refractivity contribution is 0.511. The fraction of sp³-hybridized carbons (Fsp3) is 0.919. The molecule has 0 saturated heterocycles. The molecule has 2 atom stereocenters. The molecular formula is C37H71N2O3S5-. The normalized spacial score (nSPS) is 14.5. The molecule has 1 aromatic heterocycles. The van der Waals surface area contributed by atoms with Gasteiger partial charge in [0, 0.05) is 10.5 Å². The highest BCUT2D eigenvalue weighted by molar-refractivity contribution is 8.11. The van der Waals surface area contributed by atoms with E-state index in [2.05, 4.69) is 37.9 Å². The summed E-state index contributed by atoms with van der Waals surface area (Å²) in [6, 6.07) is 0. The largest absolute Gasteiger partial charge is 0.461 e. The molecule has 0 bridgehead atoms. The third kappa shape index (κ3) is 23.4. The zero-order valence-corrected chi connectivity index (χ0v) is 35.2. The number of unbranched alkanes of at least 4 members (excludes halogenated alkanes) is 20. The topological polar surface area (TPSA) is 77.0 Å². The Labute approximate surface area is 306 Å². The van der Waals surface area contributed by atoms with E-state index in [1.54, 1.807) is 17.1 Å². The van der Waals surface area contributed by atoms with Crippen molar-refractivity contribution >= 4 is 60.5 Å². The van der Waals surface area contributed by atoms with E-state index in [0.29, 0.717) is 13.8 Å². The fourth-order valence-electron chi connectivity index (χ4n) is 5.67. The van der Waals surface area contributed by atoms with Crippen LogP contribution in [0.15, 0.2) is 8.68 Å². The molecule has 0 radical (unpaired) electrons. The fourth-order valence-corrected chi connectivity index (χ4v) is 12.6. The molecule has 0 fully saturated rings. The molecule has 47 heavy (non-hydrogen) atoms. The quantitative estimate of drug-likeness (QED) is 0.0414. The third-order valence-electron chi connectivity index (χ3n) is 9.01. The van der Waals surface area contributed by atoms with Crippen molar-refractivity contribution in [1.29, 1.82) is 0 Å². The lowest BCUT2D eigenvalue weighted by Crippen LogP contribution is -2.23. The van der Waals surface area contributed by atoms with Crippen LogP contribution in [0.1, 0.15) is 196 Å². The zero-order chi connectivity index (χ0) is 34.8. The summed E-state index contributed by atoms with van der Waals surface area (Å²) >= 11 is 2.90. The van der Waals surface area contributed by atoms with E-state index in [1.165, 1.54) is 146 Å². The van der Waals surface area contributed by atoms with Crippen LogP contribution in [0.25, 0.3) is 0 Å². The molecule has 0 aliphatic rings. The monoisotopic (exact) mass is 751 g/mol. The van der Waals surface area contributed by atoms with Gasteiger partial charge >= 0.3 is 0 Å². The Morgan fingerprint density at radius 1 is 0.617 bits per heavy atom. The van der Waals surface area contributed by atoms with Crippen LogP contribution in [-0.4, -0.2) is 44.3 Å². The molecule has 10 heteroatoms. The predicted octanol–water partition coefficient (Wildman–Crippen LogP) is 12.2.